The standard InChI is InChI=1S/C7H12N4O/c8-7-5-11(10-9-7)3-4-12-6-1-2-6/h5-6H,1-4,8H2. The third-order valence-corrected chi connectivity index (χ3v) is 1.75. The highest BCUT2D eigenvalue weighted by molar-refractivity contribution is 5.19. The topological polar surface area (TPSA) is 66.0 Å². The van der Waals surface area contributed by atoms with Gasteiger partial charge in [-0.05, 0) is 12.8 Å². The van der Waals surface area contributed by atoms with Crippen LogP contribution < -0.4 is 5.73 Å². The summed E-state index contributed by atoms with van der Waals surface area (Å²) in [5.74, 6) is 0.460. The molecule has 1 heterocycles. The van der Waals surface area contributed by atoms with Crippen molar-refractivity contribution in [2.45, 2.75) is 25.5 Å². The molecular formula is C7H12N4O. The highest BCUT2D eigenvalue weighted by Crippen LogP contribution is 2.22. The van der Waals surface area contributed by atoms with E-state index >= 15 is 0 Å². The summed E-state index contributed by atoms with van der Waals surface area (Å²) in [4.78, 5) is 0. The molecule has 2 rings (SSSR count). The zero-order valence-corrected chi connectivity index (χ0v) is 6.81. The van der Waals surface area contributed by atoms with Gasteiger partial charge in [0, 0.05) is 0 Å². The summed E-state index contributed by atoms with van der Waals surface area (Å²) in [7, 11) is 0. The molecule has 0 saturated heterocycles. The minimum Gasteiger partial charge on any atom is -0.381 e. The van der Waals surface area contributed by atoms with Gasteiger partial charge in [-0.3, -0.25) is 0 Å². The van der Waals surface area contributed by atoms with E-state index < -0.39 is 0 Å². The lowest BCUT2D eigenvalue weighted by Crippen LogP contribution is -2.07. The van der Waals surface area contributed by atoms with Gasteiger partial charge in [0.05, 0.1) is 25.5 Å². The van der Waals surface area contributed by atoms with Crippen LogP contribution in [-0.4, -0.2) is 27.7 Å². The fraction of sp³-hybridized carbons (Fsp3) is 0.714. The van der Waals surface area contributed by atoms with E-state index in [9.17, 15) is 0 Å². The van der Waals surface area contributed by atoms with E-state index in [1.165, 1.54) is 12.8 Å². The largest absolute Gasteiger partial charge is 0.381 e. The Bertz CT molecular complexity index is 256. The Kier molecular flexibility index (Phi) is 1.95. The first-order valence-corrected chi connectivity index (χ1v) is 4.12. The highest BCUT2D eigenvalue weighted by atomic mass is 16.5. The minimum absolute atomic E-state index is 0.460. The van der Waals surface area contributed by atoms with Gasteiger partial charge in [-0.25, -0.2) is 4.68 Å². The fourth-order valence-electron chi connectivity index (χ4n) is 0.970. The van der Waals surface area contributed by atoms with Gasteiger partial charge in [-0.1, -0.05) is 5.21 Å². The van der Waals surface area contributed by atoms with Gasteiger partial charge < -0.3 is 10.5 Å². The van der Waals surface area contributed by atoms with Crippen molar-refractivity contribution in [2.24, 2.45) is 0 Å². The summed E-state index contributed by atoms with van der Waals surface area (Å²) in [5, 5.41) is 7.46. The van der Waals surface area contributed by atoms with E-state index in [0.717, 1.165) is 6.54 Å². The average molecular weight is 168 g/mol. The minimum atomic E-state index is 0.460. The molecule has 0 unspecified atom stereocenters. The third-order valence-electron chi connectivity index (χ3n) is 1.75. The molecule has 2 N–H and O–H groups in total. The van der Waals surface area contributed by atoms with Crippen LogP contribution in [0.4, 0.5) is 5.82 Å². The SMILES string of the molecule is Nc1cn(CCOC2CC2)nn1. The van der Waals surface area contributed by atoms with Gasteiger partial charge in [-0.2, -0.15) is 0 Å². The van der Waals surface area contributed by atoms with Crippen molar-refractivity contribution in [3.05, 3.63) is 6.20 Å². The second-order valence-corrected chi connectivity index (χ2v) is 2.98. The van der Waals surface area contributed by atoms with Crippen LogP contribution in [0.1, 0.15) is 12.8 Å². The fourth-order valence-corrected chi connectivity index (χ4v) is 0.970. The smallest absolute Gasteiger partial charge is 0.165 e. The summed E-state index contributed by atoms with van der Waals surface area (Å²) < 4.78 is 7.13. The maximum Gasteiger partial charge on any atom is 0.165 e. The van der Waals surface area contributed by atoms with E-state index in [1.807, 2.05) is 0 Å². The molecule has 0 amide bonds. The van der Waals surface area contributed by atoms with Crippen molar-refractivity contribution in [3.63, 3.8) is 0 Å². The summed E-state index contributed by atoms with van der Waals surface area (Å²) in [6, 6.07) is 0. The van der Waals surface area contributed by atoms with Crippen LogP contribution in [0, 0.1) is 0 Å². The second-order valence-electron chi connectivity index (χ2n) is 2.98. The molecule has 12 heavy (non-hydrogen) atoms. The highest BCUT2D eigenvalue weighted by Gasteiger charge is 2.21. The van der Waals surface area contributed by atoms with Gasteiger partial charge in [-0.15, -0.1) is 5.10 Å². The van der Waals surface area contributed by atoms with Crippen LogP contribution in [0.3, 0.4) is 0 Å². The molecule has 5 nitrogen and oxygen atoms in total. The number of hydrogen-bond donors (Lipinski definition) is 1. The third kappa shape index (κ3) is 1.94. The molecule has 1 aliphatic rings. The van der Waals surface area contributed by atoms with Crippen molar-refractivity contribution >= 4 is 5.82 Å². The Morgan fingerprint density at radius 1 is 1.67 bits per heavy atom. The van der Waals surface area contributed by atoms with Gasteiger partial charge in [0.25, 0.3) is 0 Å². The van der Waals surface area contributed by atoms with Crippen molar-refractivity contribution < 1.29 is 4.74 Å². The Balaban J connectivity index is 1.71. The van der Waals surface area contributed by atoms with Crippen LogP contribution >= 0.6 is 0 Å². The first-order chi connectivity index (χ1) is 5.84. The van der Waals surface area contributed by atoms with Crippen LogP contribution in [0.15, 0.2) is 6.20 Å². The summed E-state index contributed by atoms with van der Waals surface area (Å²) in [6.45, 7) is 1.44. The van der Waals surface area contributed by atoms with E-state index in [1.54, 1.807) is 10.9 Å². The summed E-state index contributed by atoms with van der Waals surface area (Å²) >= 11 is 0. The molecule has 1 aromatic heterocycles. The number of nitrogens with zero attached hydrogens (tertiary/aromatic N) is 3. The normalized spacial score (nSPS) is 16.7. The number of ether oxygens (including phenoxy) is 1. The van der Waals surface area contributed by atoms with E-state index in [-0.39, 0.29) is 0 Å². The molecule has 5 heteroatoms. The van der Waals surface area contributed by atoms with Crippen LogP contribution in [0.25, 0.3) is 0 Å². The molecule has 0 aliphatic heterocycles. The number of anilines is 1. The van der Waals surface area contributed by atoms with Crippen molar-refractivity contribution in [3.8, 4) is 0 Å². The molecule has 1 aromatic rings. The predicted molar refractivity (Wildman–Crippen MR) is 43.4 cm³/mol. The van der Waals surface area contributed by atoms with Crippen LogP contribution in [0.2, 0.25) is 0 Å². The van der Waals surface area contributed by atoms with E-state index in [4.69, 9.17) is 10.5 Å². The van der Waals surface area contributed by atoms with Gasteiger partial charge >= 0.3 is 0 Å². The number of nitrogens with two attached hydrogens (primary N) is 1. The molecule has 1 fully saturated rings. The van der Waals surface area contributed by atoms with E-state index in [0.29, 0.717) is 18.5 Å². The Morgan fingerprint density at radius 2 is 2.50 bits per heavy atom. The number of aromatic nitrogens is 3. The molecule has 66 valence electrons. The molecular weight excluding hydrogens is 156 g/mol. The second kappa shape index (κ2) is 3.10. The lowest BCUT2D eigenvalue weighted by Gasteiger charge is -2.00. The monoisotopic (exact) mass is 168 g/mol. The van der Waals surface area contributed by atoms with Crippen LogP contribution in [-0.2, 0) is 11.3 Å². The van der Waals surface area contributed by atoms with Gasteiger partial charge in [0.15, 0.2) is 5.82 Å². The molecule has 1 aliphatic carbocycles. The number of rotatable bonds is 4. The first-order valence-electron chi connectivity index (χ1n) is 4.12. The lowest BCUT2D eigenvalue weighted by atomic mass is 10.6. The number of hydrogen-bond acceptors (Lipinski definition) is 4. The van der Waals surface area contributed by atoms with Crippen molar-refractivity contribution in [1.82, 2.24) is 15.0 Å². The summed E-state index contributed by atoms with van der Waals surface area (Å²) in [6.07, 6.45) is 4.63. The van der Waals surface area contributed by atoms with Crippen molar-refractivity contribution in [1.29, 1.82) is 0 Å². The summed E-state index contributed by atoms with van der Waals surface area (Å²) in [5.41, 5.74) is 5.39. The molecule has 1 saturated carbocycles. The average Bonchev–Trinajstić information content (AvgIpc) is 2.76. The predicted octanol–water partition coefficient (Wildman–Crippen LogP) is 0.0393. The first kappa shape index (κ1) is 7.54. The quantitative estimate of drug-likeness (QED) is 0.689. The Morgan fingerprint density at radius 3 is 3.08 bits per heavy atom. The van der Waals surface area contributed by atoms with Gasteiger partial charge in [0.1, 0.15) is 0 Å². The zero-order chi connectivity index (χ0) is 8.39. The molecule has 0 atom stereocenters. The van der Waals surface area contributed by atoms with Crippen molar-refractivity contribution in [2.75, 3.05) is 12.3 Å². The van der Waals surface area contributed by atoms with Crippen LogP contribution in [0.5, 0.6) is 0 Å². The van der Waals surface area contributed by atoms with E-state index in [2.05, 4.69) is 10.3 Å². The Hall–Kier alpha value is -1.10. The maximum atomic E-state index is 5.44. The number of nitrogen functional groups attached to an aromatic ring is 1. The maximum absolute atomic E-state index is 5.44. The lowest BCUT2D eigenvalue weighted by molar-refractivity contribution is 0.109. The molecule has 0 spiro atoms. The Labute approximate surface area is 70.5 Å². The molecule has 0 radical (unpaired) electrons. The zero-order valence-electron chi connectivity index (χ0n) is 6.81. The van der Waals surface area contributed by atoms with Gasteiger partial charge in [0.2, 0.25) is 0 Å². The molecule has 0 bridgehead atoms. The molecule has 0 aromatic carbocycles.